The number of imide groups is 1. The summed E-state index contributed by atoms with van der Waals surface area (Å²) < 4.78 is 25.2. The molecule has 1 saturated heterocycles. The average Bonchev–Trinajstić information content (AvgIpc) is 3.00. The van der Waals surface area contributed by atoms with Gasteiger partial charge < -0.3 is 9.47 Å². The summed E-state index contributed by atoms with van der Waals surface area (Å²) >= 11 is 6.06. The lowest BCUT2D eigenvalue weighted by Gasteiger charge is -2.26. The first-order valence-electron chi connectivity index (χ1n) is 10.0. The van der Waals surface area contributed by atoms with Gasteiger partial charge in [0.25, 0.3) is 11.8 Å². The second-order valence-electron chi connectivity index (χ2n) is 7.48. The Labute approximate surface area is 178 Å². The van der Waals surface area contributed by atoms with Gasteiger partial charge in [-0.05, 0) is 37.8 Å². The Morgan fingerprint density at radius 3 is 2.37 bits per heavy atom. The summed E-state index contributed by atoms with van der Waals surface area (Å²) in [7, 11) is 0. The van der Waals surface area contributed by atoms with Gasteiger partial charge in [-0.25, -0.2) is 14.1 Å². The van der Waals surface area contributed by atoms with Gasteiger partial charge in [0.2, 0.25) is 0 Å². The molecule has 0 spiro atoms. The zero-order valence-electron chi connectivity index (χ0n) is 16.4. The summed E-state index contributed by atoms with van der Waals surface area (Å²) in [6.07, 6.45) is 2.63. The van der Waals surface area contributed by atoms with Crippen molar-refractivity contribution in [3.8, 4) is 0 Å². The van der Waals surface area contributed by atoms with E-state index in [0.29, 0.717) is 43.7 Å². The van der Waals surface area contributed by atoms with Crippen molar-refractivity contribution in [2.75, 3.05) is 44.4 Å². The van der Waals surface area contributed by atoms with Crippen molar-refractivity contribution in [2.24, 2.45) is 0 Å². The van der Waals surface area contributed by atoms with Crippen LogP contribution >= 0.6 is 11.6 Å². The number of rotatable bonds is 5. The Bertz CT molecular complexity index is 898. The molecule has 0 N–H and O–H groups in total. The third-order valence-corrected chi connectivity index (χ3v) is 5.94. The number of amides is 2. The molecule has 9 heteroatoms. The summed E-state index contributed by atoms with van der Waals surface area (Å²) in [6, 6.07) is 2.07. The fraction of sp³-hybridized carbons (Fsp3) is 0.476. The summed E-state index contributed by atoms with van der Waals surface area (Å²) in [5.41, 5.74) is 0.523. The number of hydrogen-bond acceptors (Lipinski definition) is 6. The van der Waals surface area contributed by atoms with Crippen LogP contribution < -0.4 is 4.90 Å². The molecule has 0 unspecified atom stereocenters. The first-order chi connectivity index (χ1) is 14.5. The van der Waals surface area contributed by atoms with E-state index < -0.39 is 23.6 Å². The molecule has 7 nitrogen and oxygen atoms in total. The molecule has 1 aromatic carbocycles. The molecule has 0 atom stereocenters. The minimum absolute atomic E-state index is 0.0829. The van der Waals surface area contributed by atoms with E-state index in [1.165, 1.54) is 0 Å². The number of benzene rings is 1. The van der Waals surface area contributed by atoms with Gasteiger partial charge >= 0.3 is 5.97 Å². The van der Waals surface area contributed by atoms with Gasteiger partial charge in [-0.2, -0.15) is 0 Å². The van der Waals surface area contributed by atoms with Crippen LogP contribution in [-0.4, -0.2) is 62.1 Å². The van der Waals surface area contributed by atoms with Crippen LogP contribution in [0.5, 0.6) is 0 Å². The summed E-state index contributed by atoms with van der Waals surface area (Å²) in [4.78, 5) is 40.9. The third-order valence-electron chi connectivity index (χ3n) is 5.63. The number of anilines is 1. The highest BCUT2D eigenvalue weighted by molar-refractivity contribution is 6.35. The zero-order valence-corrected chi connectivity index (χ0v) is 17.2. The van der Waals surface area contributed by atoms with E-state index in [-0.39, 0.29) is 22.9 Å². The highest BCUT2D eigenvalue weighted by Gasteiger charge is 2.41. The minimum atomic E-state index is -0.841. The smallest absolute Gasteiger partial charge is 0.339 e. The number of ether oxygens (including phenoxy) is 2. The zero-order chi connectivity index (χ0) is 21.3. The van der Waals surface area contributed by atoms with Crippen molar-refractivity contribution in [1.82, 2.24) is 4.90 Å². The lowest BCUT2D eigenvalue weighted by atomic mass is 9.93. The molecule has 0 bridgehead atoms. The van der Waals surface area contributed by atoms with E-state index in [4.69, 9.17) is 21.1 Å². The topological polar surface area (TPSA) is 76.2 Å². The van der Waals surface area contributed by atoms with Gasteiger partial charge in [0, 0.05) is 30.8 Å². The van der Waals surface area contributed by atoms with Crippen molar-refractivity contribution in [3.05, 3.63) is 39.7 Å². The molecule has 0 radical (unpaired) electrons. The maximum absolute atomic E-state index is 14.6. The quantitative estimate of drug-likeness (QED) is 0.522. The molecule has 1 aliphatic carbocycles. The van der Waals surface area contributed by atoms with Crippen molar-refractivity contribution < 1.29 is 28.2 Å². The number of carbonyl (C=O) groups is 3. The van der Waals surface area contributed by atoms with Crippen LogP contribution in [0.15, 0.2) is 23.3 Å². The molecule has 0 saturated carbocycles. The van der Waals surface area contributed by atoms with Crippen LogP contribution in [0, 0.1) is 5.82 Å². The van der Waals surface area contributed by atoms with Crippen LogP contribution in [-0.2, 0) is 19.1 Å². The van der Waals surface area contributed by atoms with Gasteiger partial charge in [0.15, 0.2) is 0 Å². The molecule has 1 aromatic rings. The highest BCUT2D eigenvalue weighted by atomic mass is 35.5. The second-order valence-corrected chi connectivity index (χ2v) is 7.89. The van der Waals surface area contributed by atoms with Crippen molar-refractivity contribution in [2.45, 2.75) is 25.7 Å². The van der Waals surface area contributed by atoms with Crippen molar-refractivity contribution in [1.29, 1.82) is 0 Å². The predicted molar refractivity (Wildman–Crippen MR) is 107 cm³/mol. The number of hydrogen-bond donors (Lipinski definition) is 0. The van der Waals surface area contributed by atoms with E-state index in [1.807, 2.05) is 0 Å². The van der Waals surface area contributed by atoms with Gasteiger partial charge in [-0.15, -0.1) is 0 Å². The molecular weight excluding hydrogens is 415 g/mol. The first kappa shape index (κ1) is 21.0. The number of esters is 1. The van der Waals surface area contributed by atoms with Crippen LogP contribution in [0.4, 0.5) is 10.1 Å². The molecule has 160 valence electrons. The molecule has 0 aromatic heterocycles. The maximum atomic E-state index is 14.6. The largest absolute Gasteiger partial charge is 0.461 e. The molecule has 2 aliphatic heterocycles. The standard InChI is InChI=1S/C21H22ClFN2O5/c22-16-12-17(23)18(25-19(26)13-3-1-2-4-14(13)20(25)27)11-15(16)21(28)30-10-7-24-5-8-29-9-6-24/h11-12H,1-10H2. The fourth-order valence-corrected chi connectivity index (χ4v) is 4.22. The van der Waals surface area contributed by atoms with Crippen LogP contribution in [0.3, 0.4) is 0 Å². The third kappa shape index (κ3) is 3.99. The van der Waals surface area contributed by atoms with E-state index in [9.17, 15) is 18.8 Å². The Hall–Kier alpha value is -2.29. The van der Waals surface area contributed by atoms with Crippen LogP contribution in [0.2, 0.25) is 5.02 Å². The SMILES string of the molecule is O=C(OCCN1CCOCC1)c1cc(N2C(=O)C3=C(CCCC3)C2=O)c(F)cc1Cl. The van der Waals surface area contributed by atoms with Crippen LogP contribution in [0.1, 0.15) is 36.0 Å². The molecule has 2 amide bonds. The summed E-state index contributed by atoms with van der Waals surface area (Å²) in [5, 5.41) is -0.135. The average molecular weight is 437 g/mol. The van der Waals surface area contributed by atoms with Gasteiger partial charge in [0.1, 0.15) is 12.4 Å². The van der Waals surface area contributed by atoms with Crippen molar-refractivity contribution >= 4 is 35.1 Å². The van der Waals surface area contributed by atoms with E-state index >= 15 is 0 Å². The number of halogens is 2. The molecule has 4 rings (SSSR count). The Morgan fingerprint density at radius 1 is 1.10 bits per heavy atom. The van der Waals surface area contributed by atoms with Crippen molar-refractivity contribution in [3.63, 3.8) is 0 Å². The Kier molecular flexibility index (Phi) is 6.17. The number of morpholine rings is 1. The summed E-state index contributed by atoms with van der Waals surface area (Å²) in [5.74, 6) is -2.62. The highest BCUT2D eigenvalue weighted by Crippen LogP contribution is 2.37. The second kappa shape index (κ2) is 8.83. The predicted octanol–water partition coefficient (Wildman–Crippen LogP) is 2.71. The van der Waals surface area contributed by atoms with E-state index in [0.717, 1.165) is 43.0 Å². The Balaban J connectivity index is 1.50. The van der Waals surface area contributed by atoms with E-state index in [1.54, 1.807) is 0 Å². The lowest BCUT2D eigenvalue weighted by molar-refractivity contribution is -0.120. The fourth-order valence-electron chi connectivity index (χ4n) is 3.99. The normalized spacial score (nSPS) is 20.0. The van der Waals surface area contributed by atoms with Gasteiger partial charge in [0.05, 0.1) is 29.5 Å². The monoisotopic (exact) mass is 436 g/mol. The number of nitrogens with zero attached hydrogens (tertiary/aromatic N) is 2. The van der Waals surface area contributed by atoms with Crippen LogP contribution in [0.25, 0.3) is 0 Å². The van der Waals surface area contributed by atoms with E-state index in [2.05, 4.69) is 4.90 Å². The summed E-state index contributed by atoms with van der Waals surface area (Å²) in [6.45, 7) is 3.47. The molecule has 2 heterocycles. The minimum Gasteiger partial charge on any atom is -0.461 e. The molecule has 1 fully saturated rings. The first-order valence-corrected chi connectivity index (χ1v) is 10.4. The number of carbonyl (C=O) groups excluding carboxylic acids is 3. The van der Waals surface area contributed by atoms with Gasteiger partial charge in [-0.3, -0.25) is 14.5 Å². The Morgan fingerprint density at radius 2 is 1.73 bits per heavy atom. The molecule has 3 aliphatic rings. The lowest BCUT2D eigenvalue weighted by Crippen LogP contribution is -2.38. The molecular formula is C21H22ClFN2O5. The molecule has 30 heavy (non-hydrogen) atoms. The maximum Gasteiger partial charge on any atom is 0.339 e. The van der Waals surface area contributed by atoms with Gasteiger partial charge in [-0.1, -0.05) is 11.6 Å².